The Morgan fingerprint density at radius 1 is 1.80 bits per heavy atom. The summed E-state index contributed by atoms with van der Waals surface area (Å²) in [6, 6.07) is 0. The van der Waals surface area contributed by atoms with E-state index < -0.39 is 0 Å². The van der Waals surface area contributed by atoms with Crippen LogP contribution in [-0.4, -0.2) is 13.3 Å². The molecule has 1 atom stereocenters. The van der Waals surface area contributed by atoms with Crippen LogP contribution >= 0.6 is 15.9 Å². The van der Waals surface area contributed by atoms with Crippen molar-refractivity contribution in [2.75, 3.05) is 7.05 Å². The Labute approximate surface area is 69.5 Å². The minimum absolute atomic E-state index is 0.569. The number of aliphatic imine (C=N–C) groups is 1. The molecule has 1 aliphatic rings. The SMILES string of the molecule is CNC1=C(Br)[C@@H](C)CC=N1. The highest BCUT2D eigenvalue weighted by Gasteiger charge is 2.12. The molecule has 1 aliphatic heterocycles. The number of hydrogen-bond acceptors (Lipinski definition) is 2. The zero-order valence-corrected chi connectivity index (χ0v) is 7.77. The summed E-state index contributed by atoms with van der Waals surface area (Å²) < 4.78 is 1.18. The van der Waals surface area contributed by atoms with Gasteiger partial charge in [0.05, 0.1) is 0 Å². The lowest BCUT2D eigenvalue weighted by atomic mass is 10.1. The largest absolute Gasteiger partial charge is 0.372 e. The Morgan fingerprint density at radius 3 is 3.00 bits per heavy atom. The maximum Gasteiger partial charge on any atom is 0.135 e. The molecule has 0 spiro atoms. The van der Waals surface area contributed by atoms with Crippen LogP contribution in [0.25, 0.3) is 0 Å². The molecule has 3 heteroatoms. The molecule has 1 heterocycles. The van der Waals surface area contributed by atoms with Gasteiger partial charge in [-0.05, 0) is 12.3 Å². The number of allylic oxidation sites excluding steroid dienone is 1. The molecule has 0 unspecified atom stereocenters. The van der Waals surface area contributed by atoms with E-state index in [1.165, 1.54) is 4.48 Å². The van der Waals surface area contributed by atoms with E-state index in [0.717, 1.165) is 12.2 Å². The first-order valence-electron chi connectivity index (χ1n) is 3.35. The molecule has 0 saturated heterocycles. The molecule has 0 bridgehead atoms. The highest BCUT2D eigenvalue weighted by Crippen LogP contribution is 2.26. The van der Waals surface area contributed by atoms with Gasteiger partial charge in [-0.25, -0.2) is 4.99 Å². The summed E-state index contributed by atoms with van der Waals surface area (Å²) in [5.41, 5.74) is 0. The molecular formula is C7H11BrN2. The van der Waals surface area contributed by atoms with Crippen molar-refractivity contribution in [2.24, 2.45) is 10.9 Å². The minimum Gasteiger partial charge on any atom is -0.372 e. The van der Waals surface area contributed by atoms with Gasteiger partial charge in [0.1, 0.15) is 5.82 Å². The summed E-state index contributed by atoms with van der Waals surface area (Å²) >= 11 is 3.48. The molecule has 0 aromatic heterocycles. The Kier molecular flexibility index (Phi) is 2.49. The van der Waals surface area contributed by atoms with Crippen LogP contribution in [-0.2, 0) is 0 Å². The van der Waals surface area contributed by atoms with Gasteiger partial charge < -0.3 is 5.32 Å². The van der Waals surface area contributed by atoms with Crippen molar-refractivity contribution >= 4 is 22.1 Å². The highest BCUT2D eigenvalue weighted by molar-refractivity contribution is 9.11. The maximum absolute atomic E-state index is 4.18. The van der Waals surface area contributed by atoms with Crippen molar-refractivity contribution in [3.8, 4) is 0 Å². The fraction of sp³-hybridized carbons (Fsp3) is 0.571. The van der Waals surface area contributed by atoms with Crippen LogP contribution in [0.3, 0.4) is 0 Å². The summed E-state index contributed by atoms with van der Waals surface area (Å²) in [7, 11) is 1.88. The molecule has 1 rings (SSSR count). The number of hydrogen-bond donors (Lipinski definition) is 1. The zero-order chi connectivity index (χ0) is 7.56. The fourth-order valence-electron chi connectivity index (χ4n) is 0.885. The van der Waals surface area contributed by atoms with E-state index in [1.54, 1.807) is 0 Å². The third-order valence-electron chi connectivity index (χ3n) is 1.58. The normalized spacial score (nSPS) is 25.3. The van der Waals surface area contributed by atoms with Crippen LogP contribution in [0.15, 0.2) is 15.3 Å². The van der Waals surface area contributed by atoms with Crippen molar-refractivity contribution in [3.63, 3.8) is 0 Å². The molecule has 0 aliphatic carbocycles. The predicted octanol–water partition coefficient (Wildman–Crippen LogP) is 1.88. The van der Waals surface area contributed by atoms with Gasteiger partial charge in [0.25, 0.3) is 0 Å². The maximum atomic E-state index is 4.18. The molecule has 0 saturated carbocycles. The van der Waals surface area contributed by atoms with Gasteiger partial charge in [-0.15, -0.1) is 0 Å². The molecular weight excluding hydrogens is 192 g/mol. The van der Waals surface area contributed by atoms with Crippen LogP contribution in [0.5, 0.6) is 0 Å². The third-order valence-corrected chi connectivity index (χ3v) is 2.73. The summed E-state index contributed by atoms with van der Waals surface area (Å²) in [4.78, 5) is 4.18. The van der Waals surface area contributed by atoms with Crippen LogP contribution in [0.1, 0.15) is 13.3 Å². The third kappa shape index (κ3) is 1.40. The molecule has 2 nitrogen and oxygen atoms in total. The van der Waals surface area contributed by atoms with Crippen LogP contribution < -0.4 is 5.32 Å². The van der Waals surface area contributed by atoms with Gasteiger partial charge in [0.2, 0.25) is 0 Å². The van der Waals surface area contributed by atoms with Crippen molar-refractivity contribution in [1.82, 2.24) is 5.32 Å². The molecule has 0 aromatic carbocycles. The second kappa shape index (κ2) is 3.19. The van der Waals surface area contributed by atoms with Gasteiger partial charge in [0, 0.05) is 17.7 Å². The second-order valence-electron chi connectivity index (χ2n) is 2.39. The van der Waals surface area contributed by atoms with E-state index in [1.807, 2.05) is 13.3 Å². The zero-order valence-electron chi connectivity index (χ0n) is 6.19. The quantitative estimate of drug-likeness (QED) is 0.691. The Bertz CT molecular complexity index is 184. The number of nitrogens with zero attached hydrogens (tertiary/aromatic N) is 1. The summed E-state index contributed by atoms with van der Waals surface area (Å²) in [5, 5.41) is 3.02. The average molecular weight is 203 g/mol. The monoisotopic (exact) mass is 202 g/mol. The number of nitrogens with one attached hydrogen (secondary N) is 1. The fourth-order valence-corrected chi connectivity index (χ4v) is 1.37. The van der Waals surface area contributed by atoms with E-state index in [9.17, 15) is 0 Å². The van der Waals surface area contributed by atoms with Crippen molar-refractivity contribution in [1.29, 1.82) is 0 Å². The molecule has 0 aromatic rings. The van der Waals surface area contributed by atoms with Crippen molar-refractivity contribution in [3.05, 3.63) is 10.3 Å². The van der Waals surface area contributed by atoms with Gasteiger partial charge in [-0.2, -0.15) is 0 Å². The smallest absolute Gasteiger partial charge is 0.135 e. The van der Waals surface area contributed by atoms with Gasteiger partial charge in [-0.3, -0.25) is 0 Å². The van der Waals surface area contributed by atoms with E-state index in [2.05, 4.69) is 33.2 Å². The summed E-state index contributed by atoms with van der Waals surface area (Å²) in [6.45, 7) is 2.17. The van der Waals surface area contributed by atoms with E-state index in [4.69, 9.17) is 0 Å². The molecule has 1 N–H and O–H groups in total. The summed E-state index contributed by atoms with van der Waals surface area (Å²) in [5.74, 6) is 1.53. The highest BCUT2D eigenvalue weighted by atomic mass is 79.9. The van der Waals surface area contributed by atoms with E-state index in [-0.39, 0.29) is 0 Å². The van der Waals surface area contributed by atoms with Crippen molar-refractivity contribution < 1.29 is 0 Å². The van der Waals surface area contributed by atoms with Crippen LogP contribution in [0.4, 0.5) is 0 Å². The van der Waals surface area contributed by atoms with Crippen LogP contribution in [0, 0.1) is 5.92 Å². The number of rotatable bonds is 1. The molecule has 56 valence electrons. The Hall–Kier alpha value is -0.310. The lowest BCUT2D eigenvalue weighted by molar-refractivity contribution is 0.724. The predicted molar refractivity (Wildman–Crippen MR) is 47.3 cm³/mol. The lowest BCUT2D eigenvalue weighted by Crippen LogP contribution is -2.13. The topological polar surface area (TPSA) is 24.4 Å². The molecule has 0 amide bonds. The van der Waals surface area contributed by atoms with Gasteiger partial charge in [-0.1, -0.05) is 22.9 Å². The minimum atomic E-state index is 0.569. The second-order valence-corrected chi connectivity index (χ2v) is 3.25. The molecule has 10 heavy (non-hydrogen) atoms. The molecule has 0 fully saturated rings. The Morgan fingerprint density at radius 2 is 2.50 bits per heavy atom. The first-order valence-corrected chi connectivity index (χ1v) is 4.15. The van der Waals surface area contributed by atoms with E-state index in [0.29, 0.717) is 5.92 Å². The standard InChI is InChI=1S/C7H11BrN2/c1-5-3-4-10-7(9-2)6(5)8/h4-5,9H,3H2,1-2H3/t5-/m0/s1. The first-order chi connectivity index (χ1) is 4.75. The van der Waals surface area contributed by atoms with Crippen LogP contribution in [0.2, 0.25) is 0 Å². The van der Waals surface area contributed by atoms with Gasteiger partial charge in [0.15, 0.2) is 0 Å². The lowest BCUT2D eigenvalue weighted by Gasteiger charge is -2.15. The van der Waals surface area contributed by atoms with Gasteiger partial charge >= 0.3 is 0 Å². The van der Waals surface area contributed by atoms with E-state index >= 15 is 0 Å². The Balaban J connectivity index is 2.82. The first kappa shape index (κ1) is 7.79. The summed E-state index contributed by atoms with van der Waals surface area (Å²) in [6.07, 6.45) is 2.98. The average Bonchev–Trinajstić information content (AvgIpc) is 1.95. The molecule has 0 radical (unpaired) electrons. The number of halogens is 1. The van der Waals surface area contributed by atoms with Crippen molar-refractivity contribution in [2.45, 2.75) is 13.3 Å².